The molecule has 1 aliphatic heterocycles. The monoisotopic (exact) mass is 403 g/mol. The van der Waals surface area contributed by atoms with Crippen molar-refractivity contribution in [2.24, 2.45) is 7.05 Å². The number of aromatic nitrogens is 2. The number of hydrogen-bond acceptors (Lipinski definition) is 3. The summed E-state index contributed by atoms with van der Waals surface area (Å²) in [4.78, 5) is 27.1. The van der Waals surface area contributed by atoms with Crippen molar-refractivity contribution in [3.8, 4) is 0 Å². The summed E-state index contributed by atoms with van der Waals surface area (Å²) in [5.74, 6) is -0.0696. The molecule has 4 rings (SSSR count). The molecule has 0 unspecified atom stereocenters. The molecule has 1 aliphatic rings. The number of rotatable bonds is 3. The van der Waals surface area contributed by atoms with Gasteiger partial charge in [0.25, 0.3) is 5.91 Å². The highest BCUT2D eigenvalue weighted by Crippen LogP contribution is 2.27. The Balaban J connectivity index is 1.46. The van der Waals surface area contributed by atoms with E-state index < -0.39 is 0 Å². The minimum Gasteiger partial charge on any atom is -0.333 e. The smallest absolute Gasteiger partial charge is 0.323 e. The second-order valence-electron chi connectivity index (χ2n) is 7.66. The summed E-state index contributed by atoms with van der Waals surface area (Å²) >= 11 is 0. The van der Waals surface area contributed by atoms with Gasteiger partial charge >= 0.3 is 6.03 Å². The molecule has 2 N–H and O–H groups in total. The molecule has 3 aromatic rings. The second kappa shape index (κ2) is 8.02. The predicted molar refractivity (Wildman–Crippen MR) is 117 cm³/mol. The first-order chi connectivity index (χ1) is 14.4. The van der Waals surface area contributed by atoms with Gasteiger partial charge in [-0.15, -0.1) is 0 Å². The Bertz CT molecular complexity index is 1080. The number of aryl methyl sites for hydroxylation is 3. The fraction of sp³-hybridized carbons (Fsp3) is 0.261. The minimum absolute atomic E-state index is 0.0696. The zero-order valence-electron chi connectivity index (χ0n) is 17.4. The first-order valence-electron chi connectivity index (χ1n) is 9.96. The van der Waals surface area contributed by atoms with E-state index in [1.54, 1.807) is 9.58 Å². The average Bonchev–Trinajstić information content (AvgIpc) is 3.07. The average molecular weight is 403 g/mol. The van der Waals surface area contributed by atoms with Crippen LogP contribution in [-0.4, -0.2) is 33.2 Å². The summed E-state index contributed by atoms with van der Waals surface area (Å²) in [6.45, 7) is 5.01. The maximum atomic E-state index is 12.8. The van der Waals surface area contributed by atoms with Crippen molar-refractivity contribution in [2.45, 2.75) is 26.8 Å². The van der Waals surface area contributed by atoms with Gasteiger partial charge in [0.05, 0.1) is 0 Å². The van der Waals surface area contributed by atoms with Crippen molar-refractivity contribution in [1.29, 1.82) is 0 Å². The lowest BCUT2D eigenvalue weighted by atomic mass is 9.97. The van der Waals surface area contributed by atoms with Gasteiger partial charge in [0.15, 0.2) is 5.69 Å². The number of carbonyl (C=O) groups excluding carboxylic acids is 2. The van der Waals surface area contributed by atoms with E-state index in [4.69, 9.17) is 0 Å². The molecule has 0 radical (unpaired) electrons. The number of carbonyl (C=O) groups is 2. The van der Waals surface area contributed by atoms with Crippen LogP contribution in [0.15, 0.2) is 48.5 Å². The summed E-state index contributed by atoms with van der Waals surface area (Å²) in [7, 11) is 1.83. The van der Waals surface area contributed by atoms with Crippen molar-refractivity contribution in [3.63, 3.8) is 0 Å². The molecule has 0 bridgehead atoms. The van der Waals surface area contributed by atoms with Crippen molar-refractivity contribution >= 4 is 23.3 Å². The Morgan fingerprint density at radius 2 is 1.80 bits per heavy atom. The SMILES string of the molecule is Cc1ccc(NC(=O)Nc2cccc3c2CCN(C(=O)c2cc(C)n(C)n2)C3)cc1. The molecule has 0 aliphatic carbocycles. The summed E-state index contributed by atoms with van der Waals surface area (Å²) in [5, 5.41) is 10.1. The summed E-state index contributed by atoms with van der Waals surface area (Å²) in [5.41, 5.74) is 6.17. The first-order valence-corrected chi connectivity index (χ1v) is 9.96. The summed E-state index contributed by atoms with van der Waals surface area (Å²) in [6.07, 6.45) is 0.674. The van der Waals surface area contributed by atoms with Crippen molar-refractivity contribution in [1.82, 2.24) is 14.7 Å². The number of anilines is 2. The van der Waals surface area contributed by atoms with Crippen LogP contribution in [-0.2, 0) is 20.0 Å². The van der Waals surface area contributed by atoms with Gasteiger partial charge in [-0.1, -0.05) is 29.8 Å². The lowest BCUT2D eigenvalue weighted by Crippen LogP contribution is -2.36. The maximum absolute atomic E-state index is 12.8. The molecular weight excluding hydrogens is 378 g/mol. The molecule has 1 aromatic heterocycles. The quantitative estimate of drug-likeness (QED) is 0.697. The molecule has 2 heterocycles. The van der Waals surface area contributed by atoms with Crippen LogP contribution < -0.4 is 10.6 Å². The zero-order valence-corrected chi connectivity index (χ0v) is 17.4. The van der Waals surface area contributed by atoms with Crippen molar-refractivity contribution < 1.29 is 9.59 Å². The van der Waals surface area contributed by atoms with Gasteiger partial charge in [-0.25, -0.2) is 4.79 Å². The molecule has 0 atom stereocenters. The third kappa shape index (κ3) is 4.05. The van der Waals surface area contributed by atoms with Gasteiger partial charge in [-0.3, -0.25) is 9.48 Å². The standard InChI is InChI=1S/C23H25N5O2/c1-15-7-9-18(10-8-15)24-23(30)25-20-6-4-5-17-14-28(12-11-19(17)20)22(29)21-13-16(2)27(3)26-21/h4-10,13H,11-12,14H2,1-3H3,(H2,24,25,30). The van der Waals surface area contributed by atoms with E-state index in [1.807, 2.05) is 69.4 Å². The van der Waals surface area contributed by atoms with E-state index in [2.05, 4.69) is 15.7 Å². The van der Waals surface area contributed by atoms with Crippen molar-refractivity contribution in [3.05, 3.63) is 76.6 Å². The Morgan fingerprint density at radius 1 is 1.03 bits per heavy atom. The van der Waals surface area contributed by atoms with Crippen LogP contribution in [0.2, 0.25) is 0 Å². The van der Waals surface area contributed by atoms with Crippen LogP contribution in [0.1, 0.15) is 32.9 Å². The highest BCUT2D eigenvalue weighted by atomic mass is 16.2. The van der Waals surface area contributed by atoms with Crippen molar-refractivity contribution in [2.75, 3.05) is 17.2 Å². The Kier molecular flexibility index (Phi) is 5.27. The number of nitrogens with zero attached hydrogens (tertiary/aromatic N) is 3. The van der Waals surface area contributed by atoms with Crippen LogP contribution in [0.3, 0.4) is 0 Å². The Hall–Kier alpha value is -3.61. The topological polar surface area (TPSA) is 79.3 Å². The van der Waals surface area contributed by atoms with Crippen LogP contribution in [0.25, 0.3) is 0 Å². The predicted octanol–water partition coefficient (Wildman–Crippen LogP) is 3.88. The Morgan fingerprint density at radius 3 is 2.50 bits per heavy atom. The van der Waals surface area contributed by atoms with Crippen LogP contribution >= 0.6 is 0 Å². The molecular formula is C23H25N5O2. The van der Waals surface area contributed by atoms with E-state index >= 15 is 0 Å². The van der Waals surface area contributed by atoms with E-state index in [0.29, 0.717) is 25.2 Å². The summed E-state index contributed by atoms with van der Waals surface area (Å²) in [6, 6.07) is 15.0. The zero-order chi connectivity index (χ0) is 21.3. The van der Waals surface area contributed by atoms with Crippen LogP contribution in [0.5, 0.6) is 0 Å². The number of benzene rings is 2. The van der Waals surface area contributed by atoms with E-state index in [1.165, 1.54) is 0 Å². The van der Waals surface area contributed by atoms with Gasteiger partial charge < -0.3 is 15.5 Å². The van der Waals surface area contributed by atoms with Gasteiger partial charge in [0.2, 0.25) is 0 Å². The first kappa shape index (κ1) is 19.7. The third-order valence-electron chi connectivity index (χ3n) is 5.44. The van der Waals surface area contributed by atoms with Gasteiger partial charge in [0.1, 0.15) is 0 Å². The Labute approximate surface area is 175 Å². The van der Waals surface area contributed by atoms with E-state index in [0.717, 1.165) is 33.8 Å². The molecule has 0 fully saturated rings. The number of amides is 3. The van der Waals surface area contributed by atoms with E-state index in [9.17, 15) is 9.59 Å². The highest BCUT2D eigenvalue weighted by molar-refractivity contribution is 6.00. The molecule has 0 saturated carbocycles. The van der Waals surface area contributed by atoms with Gasteiger partial charge in [0, 0.05) is 37.2 Å². The third-order valence-corrected chi connectivity index (χ3v) is 5.44. The van der Waals surface area contributed by atoms with Crippen LogP contribution in [0.4, 0.5) is 16.2 Å². The number of hydrogen-bond donors (Lipinski definition) is 2. The molecule has 7 nitrogen and oxygen atoms in total. The molecule has 3 amide bonds. The fourth-order valence-electron chi connectivity index (χ4n) is 3.65. The van der Waals surface area contributed by atoms with E-state index in [-0.39, 0.29) is 11.9 Å². The molecule has 2 aromatic carbocycles. The molecule has 154 valence electrons. The number of nitrogens with one attached hydrogen (secondary N) is 2. The van der Waals surface area contributed by atoms with Crippen LogP contribution in [0, 0.1) is 13.8 Å². The minimum atomic E-state index is -0.283. The lowest BCUT2D eigenvalue weighted by Gasteiger charge is -2.29. The van der Waals surface area contributed by atoms with Gasteiger partial charge in [-0.2, -0.15) is 5.10 Å². The molecule has 7 heteroatoms. The molecule has 0 spiro atoms. The maximum Gasteiger partial charge on any atom is 0.323 e. The highest BCUT2D eigenvalue weighted by Gasteiger charge is 2.25. The lowest BCUT2D eigenvalue weighted by molar-refractivity contribution is 0.0728. The van der Waals surface area contributed by atoms with Gasteiger partial charge in [-0.05, 0) is 55.7 Å². The normalized spacial score (nSPS) is 13.0. The number of fused-ring (bicyclic) bond motifs is 1. The number of urea groups is 1. The summed E-state index contributed by atoms with van der Waals surface area (Å²) < 4.78 is 1.71. The largest absolute Gasteiger partial charge is 0.333 e. The molecule has 30 heavy (non-hydrogen) atoms. The fourth-order valence-corrected chi connectivity index (χ4v) is 3.65. The molecule has 0 saturated heterocycles. The second-order valence-corrected chi connectivity index (χ2v) is 7.66.